The Bertz CT molecular complexity index is 466. The number of fused-ring (bicyclic) bond motifs is 1. The number of ether oxygens (including phenoxy) is 1. The largest absolute Gasteiger partial charge is 0.488 e. The maximum absolute atomic E-state index is 13.2. The highest BCUT2D eigenvalue weighted by Crippen LogP contribution is 2.29. The van der Waals surface area contributed by atoms with Gasteiger partial charge in [0.15, 0.2) is 0 Å². The average Bonchev–Trinajstić information content (AvgIpc) is 2.67. The number of hydrogen-bond acceptors (Lipinski definition) is 3. The summed E-state index contributed by atoms with van der Waals surface area (Å²) in [5.74, 6) is 0.689. The molecule has 1 aromatic carbocycles. The van der Waals surface area contributed by atoms with Crippen molar-refractivity contribution in [3.8, 4) is 5.75 Å². The molecule has 1 fully saturated rings. The summed E-state index contributed by atoms with van der Waals surface area (Å²) in [4.78, 5) is 2.49. The average molecular weight is 278 g/mol. The van der Waals surface area contributed by atoms with Crippen LogP contribution in [0, 0.1) is 5.82 Å². The minimum Gasteiger partial charge on any atom is -0.488 e. The lowest BCUT2D eigenvalue weighted by atomic mass is 10.1. The van der Waals surface area contributed by atoms with Gasteiger partial charge >= 0.3 is 0 Å². The Morgan fingerprint density at radius 3 is 3.20 bits per heavy atom. The van der Waals surface area contributed by atoms with Crippen LogP contribution in [0.5, 0.6) is 5.75 Å². The predicted octanol–water partition coefficient (Wildman–Crippen LogP) is 2.20. The first-order chi connectivity index (χ1) is 9.74. The lowest BCUT2D eigenvalue weighted by molar-refractivity contribution is 0.148. The number of rotatable bonds is 3. The van der Waals surface area contributed by atoms with Crippen molar-refractivity contribution in [2.75, 3.05) is 26.2 Å². The Morgan fingerprint density at radius 1 is 1.45 bits per heavy atom. The Hall–Kier alpha value is -1.13. The van der Waals surface area contributed by atoms with E-state index in [2.05, 4.69) is 17.1 Å². The Labute approximate surface area is 120 Å². The predicted molar refractivity (Wildman–Crippen MR) is 77.7 cm³/mol. The first kappa shape index (κ1) is 13.8. The Balaban J connectivity index is 1.59. The monoisotopic (exact) mass is 278 g/mol. The zero-order valence-electron chi connectivity index (χ0n) is 12.1. The molecule has 0 aromatic heterocycles. The molecule has 3 nitrogen and oxygen atoms in total. The summed E-state index contributed by atoms with van der Waals surface area (Å²) in [6.07, 6.45) is 3.34. The molecule has 4 heteroatoms. The highest BCUT2D eigenvalue weighted by atomic mass is 19.1. The van der Waals surface area contributed by atoms with E-state index in [4.69, 9.17) is 4.74 Å². The van der Waals surface area contributed by atoms with Gasteiger partial charge in [-0.05, 0) is 44.1 Å². The van der Waals surface area contributed by atoms with Crippen molar-refractivity contribution in [2.45, 2.75) is 38.3 Å². The number of hydrogen-bond donors (Lipinski definition) is 1. The van der Waals surface area contributed by atoms with Crippen molar-refractivity contribution in [2.24, 2.45) is 0 Å². The molecule has 1 saturated heterocycles. The van der Waals surface area contributed by atoms with Gasteiger partial charge in [0.2, 0.25) is 0 Å². The van der Waals surface area contributed by atoms with Crippen LogP contribution in [0.1, 0.15) is 25.3 Å². The molecule has 0 bridgehead atoms. The van der Waals surface area contributed by atoms with Gasteiger partial charge < -0.3 is 10.1 Å². The summed E-state index contributed by atoms with van der Waals surface area (Å²) in [5, 5.41) is 3.58. The van der Waals surface area contributed by atoms with Crippen molar-refractivity contribution in [1.29, 1.82) is 0 Å². The molecule has 0 aliphatic carbocycles. The van der Waals surface area contributed by atoms with Crippen molar-refractivity contribution in [3.05, 3.63) is 29.6 Å². The van der Waals surface area contributed by atoms with Crippen LogP contribution in [0.15, 0.2) is 18.2 Å². The third-order valence-electron chi connectivity index (χ3n) is 4.28. The van der Waals surface area contributed by atoms with Crippen LogP contribution < -0.4 is 10.1 Å². The van der Waals surface area contributed by atoms with Crippen LogP contribution in [0.4, 0.5) is 4.39 Å². The third-order valence-corrected chi connectivity index (χ3v) is 4.28. The van der Waals surface area contributed by atoms with Gasteiger partial charge in [0.25, 0.3) is 0 Å². The number of halogens is 1. The molecule has 2 atom stereocenters. The molecule has 0 radical (unpaired) electrons. The zero-order chi connectivity index (χ0) is 13.9. The van der Waals surface area contributed by atoms with Crippen LogP contribution in [0.3, 0.4) is 0 Å². The molecule has 2 aliphatic heterocycles. The molecule has 2 heterocycles. The van der Waals surface area contributed by atoms with Gasteiger partial charge in [0.05, 0.1) is 0 Å². The SMILES string of the molecule is CCC1CN(CC2Cc3cc(F)ccc3O2)CCCN1. The van der Waals surface area contributed by atoms with Crippen LogP contribution in [0.25, 0.3) is 0 Å². The fourth-order valence-electron chi connectivity index (χ4n) is 3.19. The van der Waals surface area contributed by atoms with E-state index in [-0.39, 0.29) is 11.9 Å². The van der Waals surface area contributed by atoms with Crippen LogP contribution in [-0.4, -0.2) is 43.2 Å². The van der Waals surface area contributed by atoms with E-state index in [1.165, 1.54) is 12.5 Å². The minimum absolute atomic E-state index is 0.169. The highest BCUT2D eigenvalue weighted by molar-refractivity contribution is 5.37. The van der Waals surface area contributed by atoms with Gasteiger partial charge in [0.1, 0.15) is 17.7 Å². The maximum atomic E-state index is 13.2. The van der Waals surface area contributed by atoms with Crippen molar-refractivity contribution >= 4 is 0 Å². The molecule has 0 spiro atoms. The van der Waals surface area contributed by atoms with Gasteiger partial charge in [0, 0.05) is 31.1 Å². The van der Waals surface area contributed by atoms with Crippen LogP contribution in [-0.2, 0) is 6.42 Å². The summed E-state index contributed by atoms with van der Waals surface area (Å²) in [5.41, 5.74) is 1.01. The van der Waals surface area contributed by atoms with Gasteiger partial charge in [-0.3, -0.25) is 4.90 Å². The molecule has 0 saturated carbocycles. The van der Waals surface area contributed by atoms with Crippen LogP contribution in [0.2, 0.25) is 0 Å². The zero-order valence-corrected chi connectivity index (χ0v) is 12.1. The van der Waals surface area contributed by atoms with E-state index in [0.717, 1.165) is 50.3 Å². The van der Waals surface area contributed by atoms with E-state index in [1.807, 2.05) is 0 Å². The highest BCUT2D eigenvalue weighted by Gasteiger charge is 2.26. The second-order valence-electron chi connectivity index (χ2n) is 5.87. The van der Waals surface area contributed by atoms with Crippen molar-refractivity contribution < 1.29 is 9.13 Å². The molecule has 20 heavy (non-hydrogen) atoms. The molecular formula is C16H23FN2O. The first-order valence-corrected chi connectivity index (χ1v) is 7.65. The molecule has 3 rings (SSSR count). The molecule has 0 amide bonds. The van der Waals surface area contributed by atoms with Crippen molar-refractivity contribution in [3.63, 3.8) is 0 Å². The number of benzene rings is 1. The second-order valence-corrected chi connectivity index (χ2v) is 5.87. The fraction of sp³-hybridized carbons (Fsp3) is 0.625. The first-order valence-electron chi connectivity index (χ1n) is 7.65. The molecule has 1 N–H and O–H groups in total. The topological polar surface area (TPSA) is 24.5 Å². The summed E-state index contributed by atoms with van der Waals surface area (Å²) in [6.45, 7) is 6.47. The molecule has 2 unspecified atom stereocenters. The van der Waals surface area contributed by atoms with E-state index in [1.54, 1.807) is 12.1 Å². The van der Waals surface area contributed by atoms with Crippen LogP contribution >= 0.6 is 0 Å². The van der Waals surface area contributed by atoms with E-state index in [0.29, 0.717) is 6.04 Å². The standard InChI is InChI=1S/C16H23FN2O/c1-2-14-10-19(7-3-6-18-14)11-15-9-12-8-13(17)4-5-16(12)20-15/h4-5,8,14-15,18H,2-3,6-7,9-11H2,1H3. The quantitative estimate of drug-likeness (QED) is 0.917. The molecule has 2 aliphatic rings. The van der Waals surface area contributed by atoms with Gasteiger partial charge in [-0.15, -0.1) is 0 Å². The fourth-order valence-corrected chi connectivity index (χ4v) is 3.19. The minimum atomic E-state index is -0.169. The Kier molecular flexibility index (Phi) is 4.22. The molecular weight excluding hydrogens is 255 g/mol. The lowest BCUT2D eigenvalue weighted by Gasteiger charge is -2.26. The van der Waals surface area contributed by atoms with E-state index >= 15 is 0 Å². The lowest BCUT2D eigenvalue weighted by Crippen LogP contribution is -2.41. The Morgan fingerprint density at radius 2 is 2.35 bits per heavy atom. The normalized spacial score (nSPS) is 26.9. The summed E-state index contributed by atoms with van der Waals surface area (Å²) < 4.78 is 19.2. The molecule has 110 valence electrons. The van der Waals surface area contributed by atoms with E-state index in [9.17, 15) is 4.39 Å². The van der Waals surface area contributed by atoms with E-state index < -0.39 is 0 Å². The van der Waals surface area contributed by atoms with Gasteiger partial charge in [-0.1, -0.05) is 6.92 Å². The van der Waals surface area contributed by atoms with Crippen molar-refractivity contribution in [1.82, 2.24) is 10.2 Å². The molecule has 1 aromatic rings. The maximum Gasteiger partial charge on any atom is 0.123 e. The number of nitrogens with one attached hydrogen (secondary N) is 1. The summed E-state index contributed by atoms with van der Waals surface area (Å²) >= 11 is 0. The second kappa shape index (κ2) is 6.10. The number of nitrogens with zero attached hydrogens (tertiary/aromatic N) is 1. The van der Waals surface area contributed by atoms with Gasteiger partial charge in [-0.2, -0.15) is 0 Å². The van der Waals surface area contributed by atoms with Gasteiger partial charge in [-0.25, -0.2) is 4.39 Å². The third kappa shape index (κ3) is 3.13. The summed E-state index contributed by atoms with van der Waals surface area (Å²) in [7, 11) is 0. The smallest absolute Gasteiger partial charge is 0.123 e. The summed E-state index contributed by atoms with van der Waals surface area (Å²) in [6, 6.07) is 5.42.